The van der Waals surface area contributed by atoms with Crippen LogP contribution in [0.4, 0.5) is 0 Å². The highest BCUT2D eigenvalue weighted by Crippen LogP contribution is 2.52. The maximum Gasteiger partial charge on any atom is 0.475 e. The van der Waals surface area contributed by atoms with Gasteiger partial charge in [-0.05, 0) is 49.1 Å². The molecule has 0 unspecified atom stereocenters. The highest BCUT2D eigenvalue weighted by Gasteiger charge is 2.31. The SMILES string of the molecule is C[C@H](COc1ccc(C(=O)O)cc1OC1CC1)OP(=O)(OCc1ccccc1)OCc1ccccc1. The highest BCUT2D eigenvalue weighted by molar-refractivity contribution is 7.48. The summed E-state index contributed by atoms with van der Waals surface area (Å²) in [4.78, 5) is 11.3. The van der Waals surface area contributed by atoms with E-state index in [2.05, 4.69) is 0 Å². The summed E-state index contributed by atoms with van der Waals surface area (Å²) in [5, 5.41) is 9.29. The zero-order valence-electron chi connectivity index (χ0n) is 19.9. The average Bonchev–Trinajstić information content (AvgIpc) is 3.71. The van der Waals surface area contributed by atoms with Gasteiger partial charge < -0.3 is 14.6 Å². The number of rotatable bonds is 14. The van der Waals surface area contributed by atoms with Crippen molar-refractivity contribution in [2.24, 2.45) is 0 Å². The molecule has 3 aromatic carbocycles. The lowest BCUT2D eigenvalue weighted by Gasteiger charge is -2.22. The summed E-state index contributed by atoms with van der Waals surface area (Å²) in [5.41, 5.74) is 1.76. The molecule has 0 aliphatic heterocycles. The van der Waals surface area contributed by atoms with Crippen LogP contribution in [0, 0.1) is 0 Å². The third-order valence-corrected chi connectivity index (χ3v) is 6.76. The standard InChI is InChI=1S/C27H29O8P/c1-20(17-31-25-15-12-23(27(28)29)16-26(25)34-24-13-14-24)35-36(30,32-18-21-8-4-2-5-9-21)33-19-22-10-6-3-7-11-22/h2-12,15-16,20,24H,13-14,17-19H2,1H3,(H,28,29)/t20-/m1/s1. The first kappa shape index (κ1) is 25.9. The van der Waals surface area contributed by atoms with Crippen LogP contribution in [0.25, 0.3) is 0 Å². The zero-order chi connectivity index (χ0) is 25.4. The predicted octanol–water partition coefficient (Wildman–Crippen LogP) is 6.25. The Morgan fingerprint density at radius 1 is 0.917 bits per heavy atom. The summed E-state index contributed by atoms with van der Waals surface area (Å²) in [6, 6.07) is 23.1. The molecule has 0 amide bonds. The van der Waals surface area contributed by atoms with Crippen LogP contribution in [-0.4, -0.2) is 29.9 Å². The molecule has 1 aliphatic rings. The molecular weight excluding hydrogens is 483 g/mol. The number of carboxylic acids is 1. The quantitative estimate of drug-likeness (QED) is 0.253. The van der Waals surface area contributed by atoms with Crippen molar-refractivity contribution in [2.75, 3.05) is 6.61 Å². The van der Waals surface area contributed by atoms with E-state index in [4.69, 9.17) is 23.0 Å². The van der Waals surface area contributed by atoms with Gasteiger partial charge in [0.15, 0.2) is 11.5 Å². The van der Waals surface area contributed by atoms with Gasteiger partial charge in [0, 0.05) is 0 Å². The highest BCUT2D eigenvalue weighted by atomic mass is 31.2. The number of hydrogen-bond donors (Lipinski definition) is 1. The lowest BCUT2D eigenvalue weighted by molar-refractivity contribution is 0.0551. The molecule has 0 heterocycles. The van der Waals surface area contributed by atoms with Crippen molar-refractivity contribution < 1.29 is 37.5 Å². The van der Waals surface area contributed by atoms with Crippen LogP contribution < -0.4 is 9.47 Å². The maximum atomic E-state index is 13.5. The van der Waals surface area contributed by atoms with Crippen molar-refractivity contribution in [3.8, 4) is 11.5 Å². The van der Waals surface area contributed by atoms with Crippen molar-refractivity contribution in [3.05, 3.63) is 95.6 Å². The van der Waals surface area contributed by atoms with Gasteiger partial charge in [-0.2, -0.15) is 0 Å². The fraction of sp³-hybridized carbons (Fsp3) is 0.296. The molecule has 8 nitrogen and oxygen atoms in total. The van der Waals surface area contributed by atoms with Gasteiger partial charge in [-0.25, -0.2) is 9.36 Å². The number of ether oxygens (including phenoxy) is 2. The van der Waals surface area contributed by atoms with E-state index in [1.807, 2.05) is 60.7 Å². The smallest absolute Gasteiger partial charge is 0.475 e. The normalized spacial score (nSPS) is 14.2. The summed E-state index contributed by atoms with van der Waals surface area (Å²) in [7, 11) is -3.96. The topological polar surface area (TPSA) is 101 Å². The Labute approximate surface area is 210 Å². The van der Waals surface area contributed by atoms with Gasteiger partial charge in [-0.15, -0.1) is 0 Å². The van der Waals surface area contributed by atoms with Crippen molar-refractivity contribution >= 4 is 13.8 Å². The number of benzene rings is 3. The Hall–Kier alpha value is -3.16. The third kappa shape index (κ3) is 7.93. The lowest BCUT2D eigenvalue weighted by atomic mass is 10.2. The average molecular weight is 512 g/mol. The molecule has 9 heteroatoms. The van der Waals surface area contributed by atoms with E-state index in [0.29, 0.717) is 11.5 Å². The molecule has 0 spiro atoms. The van der Waals surface area contributed by atoms with Crippen molar-refractivity contribution in [1.29, 1.82) is 0 Å². The molecule has 3 aromatic rings. The minimum atomic E-state index is -3.96. The van der Waals surface area contributed by atoms with Crippen LogP contribution in [0.15, 0.2) is 78.9 Å². The monoisotopic (exact) mass is 512 g/mol. The van der Waals surface area contributed by atoms with Crippen LogP contribution in [0.3, 0.4) is 0 Å². The minimum Gasteiger partial charge on any atom is -0.487 e. The summed E-state index contributed by atoms with van der Waals surface area (Å²) in [6.45, 7) is 1.81. The molecule has 36 heavy (non-hydrogen) atoms. The van der Waals surface area contributed by atoms with E-state index in [0.717, 1.165) is 24.0 Å². The number of aromatic carboxylic acids is 1. The molecule has 0 aromatic heterocycles. The van der Waals surface area contributed by atoms with Crippen molar-refractivity contribution in [1.82, 2.24) is 0 Å². The fourth-order valence-corrected chi connectivity index (χ4v) is 4.54. The predicted molar refractivity (Wildman–Crippen MR) is 133 cm³/mol. The molecule has 1 saturated carbocycles. The molecule has 1 N–H and O–H groups in total. The van der Waals surface area contributed by atoms with E-state index < -0.39 is 19.9 Å². The van der Waals surface area contributed by atoms with E-state index in [9.17, 15) is 14.5 Å². The first-order chi connectivity index (χ1) is 17.4. The van der Waals surface area contributed by atoms with Crippen molar-refractivity contribution in [2.45, 2.75) is 45.2 Å². The summed E-state index contributed by atoms with van der Waals surface area (Å²) >= 11 is 0. The second kappa shape index (κ2) is 12.2. The van der Waals surface area contributed by atoms with Gasteiger partial charge in [0.1, 0.15) is 12.7 Å². The number of phosphoric ester groups is 1. The molecule has 190 valence electrons. The molecule has 1 aliphatic carbocycles. The van der Waals surface area contributed by atoms with Crippen LogP contribution in [0.2, 0.25) is 0 Å². The first-order valence-corrected chi connectivity index (χ1v) is 13.2. The van der Waals surface area contributed by atoms with Crippen LogP contribution in [0.1, 0.15) is 41.3 Å². The van der Waals surface area contributed by atoms with E-state index in [-0.39, 0.29) is 31.5 Å². The molecule has 1 atom stereocenters. The van der Waals surface area contributed by atoms with E-state index in [1.54, 1.807) is 13.0 Å². The molecule has 0 radical (unpaired) electrons. The van der Waals surface area contributed by atoms with Gasteiger partial charge in [-0.3, -0.25) is 13.6 Å². The Kier molecular flexibility index (Phi) is 8.78. The molecule has 0 bridgehead atoms. The van der Waals surface area contributed by atoms with Gasteiger partial charge in [-0.1, -0.05) is 60.7 Å². The molecule has 4 rings (SSSR count). The Morgan fingerprint density at radius 2 is 1.50 bits per heavy atom. The Balaban J connectivity index is 1.40. The number of carbonyl (C=O) groups is 1. The lowest BCUT2D eigenvalue weighted by Crippen LogP contribution is -2.19. The van der Waals surface area contributed by atoms with Crippen molar-refractivity contribution in [3.63, 3.8) is 0 Å². The van der Waals surface area contributed by atoms with Gasteiger partial charge in [0.05, 0.1) is 24.9 Å². The van der Waals surface area contributed by atoms with Gasteiger partial charge >= 0.3 is 13.8 Å². The number of carboxylic acid groups (broad SMARTS) is 1. The minimum absolute atomic E-state index is 0.0147. The first-order valence-electron chi connectivity index (χ1n) is 11.7. The van der Waals surface area contributed by atoms with E-state index in [1.165, 1.54) is 12.1 Å². The van der Waals surface area contributed by atoms with Gasteiger partial charge in [0.2, 0.25) is 0 Å². The molecule has 0 saturated heterocycles. The Bertz CT molecular complexity index is 1130. The molecule has 1 fully saturated rings. The number of hydrogen-bond acceptors (Lipinski definition) is 7. The second-order valence-corrected chi connectivity index (χ2v) is 10.1. The summed E-state index contributed by atoms with van der Waals surface area (Å²) < 4.78 is 42.2. The van der Waals surface area contributed by atoms with Crippen LogP contribution in [-0.2, 0) is 31.4 Å². The summed E-state index contributed by atoms with van der Waals surface area (Å²) in [5.74, 6) is -0.313. The molecular formula is C27H29O8P. The van der Waals surface area contributed by atoms with Gasteiger partial charge in [0.25, 0.3) is 0 Å². The summed E-state index contributed by atoms with van der Waals surface area (Å²) in [6.07, 6.45) is 1.21. The third-order valence-electron chi connectivity index (χ3n) is 5.26. The van der Waals surface area contributed by atoms with E-state index >= 15 is 0 Å². The zero-order valence-corrected chi connectivity index (χ0v) is 20.8. The Morgan fingerprint density at radius 3 is 2.03 bits per heavy atom. The van der Waals surface area contributed by atoms with Crippen LogP contribution >= 0.6 is 7.82 Å². The maximum absolute atomic E-state index is 13.5. The largest absolute Gasteiger partial charge is 0.487 e. The number of phosphoric acid groups is 1. The second-order valence-electron chi connectivity index (χ2n) is 8.48. The fourth-order valence-electron chi connectivity index (χ4n) is 3.23. The van der Waals surface area contributed by atoms with Crippen LogP contribution in [0.5, 0.6) is 11.5 Å².